The average molecular weight is 235 g/mol. The Kier molecular flexibility index (Phi) is 1.77. The van der Waals surface area contributed by atoms with Crippen molar-refractivity contribution in [1.82, 2.24) is 24.5 Å². The maximum absolute atomic E-state index is 4.34. The van der Waals surface area contributed by atoms with Gasteiger partial charge >= 0.3 is 0 Å². The minimum absolute atomic E-state index is 0.748. The highest BCUT2D eigenvalue weighted by atomic mass is 15.1. The van der Waals surface area contributed by atoms with Crippen LogP contribution >= 0.6 is 0 Å². The van der Waals surface area contributed by atoms with Gasteiger partial charge in [0, 0.05) is 6.20 Å². The first kappa shape index (κ1) is 9.35. The highest BCUT2D eigenvalue weighted by Crippen LogP contribution is 2.22. The summed E-state index contributed by atoms with van der Waals surface area (Å²) in [5.41, 5.74) is 2.64. The topological polar surface area (TPSA) is 59.4 Å². The predicted molar refractivity (Wildman–Crippen MR) is 68.5 cm³/mol. The third-order valence-corrected chi connectivity index (χ3v) is 3.03. The van der Waals surface area contributed by atoms with Gasteiger partial charge in [0.2, 0.25) is 0 Å². The summed E-state index contributed by atoms with van der Waals surface area (Å²) in [7, 11) is 0. The number of hydrogen-bond acceptors (Lipinski definition) is 3. The molecule has 5 nitrogen and oxygen atoms in total. The van der Waals surface area contributed by atoms with Crippen LogP contribution in [0.3, 0.4) is 0 Å². The third-order valence-electron chi connectivity index (χ3n) is 3.03. The average Bonchev–Trinajstić information content (AvgIpc) is 3.05. The lowest BCUT2D eigenvalue weighted by Gasteiger charge is -2.04. The van der Waals surface area contributed by atoms with E-state index in [4.69, 9.17) is 0 Å². The fourth-order valence-corrected chi connectivity index (χ4v) is 2.20. The molecule has 0 aliphatic rings. The van der Waals surface area contributed by atoms with Gasteiger partial charge in [0.05, 0.1) is 11.8 Å². The highest BCUT2D eigenvalue weighted by molar-refractivity contribution is 5.85. The van der Waals surface area contributed by atoms with Crippen LogP contribution in [0.1, 0.15) is 0 Å². The Morgan fingerprint density at radius 1 is 1.00 bits per heavy atom. The maximum atomic E-state index is 4.34. The van der Waals surface area contributed by atoms with Gasteiger partial charge in [0.1, 0.15) is 6.33 Å². The molecule has 0 unspecified atom stereocenters. The number of aromatic nitrogens is 5. The summed E-state index contributed by atoms with van der Waals surface area (Å²) in [6, 6.07) is 10.2. The lowest BCUT2D eigenvalue weighted by molar-refractivity contribution is 1.03. The molecule has 1 N–H and O–H groups in total. The first-order chi connectivity index (χ1) is 8.93. The summed E-state index contributed by atoms with van der Waals surface area (Å²) in [6.07, 6.45) is 5.18. The number of para-hydroxylation sites is 1. The quantitative estimate of drug-likeness (QED) is 0.550. The zero-order valence-electron chi connectivity index (χ0n) is 9.41. The second-order valence-corrected chi connectivity index (χ2v) is 4.04. The number of imidazole rings is 1. The first-order valence-electron chi connectivity index (χ1n) is 5.64. The molecule has 3 aromatic heterocycles. The van der Waals surface area contributed by atoms with E-state index >= 15 is 0 Å². The van der Waals surface area contributed by atoms with Crippen molar-refractivity contribution in [3.63, 3.8) is 0 Å². The Bertz CT molecular complexity index is 842. The van der Waals surface area contributed by atoms with Crippen molar-refractivity contribution >= 4 is 22.1 Å². The van der Waals surface area contributed by atoms with Crippen LogP contribution in [-0.4, -0.2) is 24.5 Å². The Balaban J connectivity index is 2.10. The molecule has 5 heteroatoms. The lowest BCUT2D eigenvalue weighted by Crippen LogP contribution is -1.97. The molecule has 0 amide bonds. The molecule has 0 bridgehead atoms. The van der Waals surface area contributed by atoms with Crippen LogP contribution in [0.4, 0.5) is 0 Å². The van der Waals surface area contributed by atoms with E-state index in [1.54, 1.807) is 12.7 Å². The minimum atomic E-state index is 0.748. The molecule has 0 aliphatic carbocycles. The van der Waals surface area contributed by atoms with Gasteiger partial charge in [-0.2, -0.15) is 0 Å². The van der Waals surface area contributed by atoms with E-state index in [1.165, 1.54) is 5.39 Å². The second kappa shape index (κ2) is 3.40. The van der Waals surface area contributed by atoms with E-state index in [2.05, 4.69) is 38.1 Å². The van der Waals surface area contributed by atoms with Gasteiger partial charge in [-0.25, -0.2) is 15.0 Å². The summed E-state index contributed by atoms with van der Waals surface area (Å²) in [5, 5.41) is 1.18. The van der Waals surface area contributed by atoms with E-state index in [9.17, 15) is 0 Å². The second-order valence-electron chi connectivity index (χ2n) is 4.04. The predicted octanol–water partition coefficient (Wildman–Crippen LogP) is 2.30. The number of H-pyrrole nitrogens is 1. The number of aromatic amines is 1. The fourth-order valence-electron chi connectivity index (χ4n) is 2.20. The summed E-state index contributed by atoms with van der Waals surface area (Å²) in [5.74, 6) is 0.794. The van der Waals surface area contributed by atoms with Gasteiger partial charge < -0.3 is 4.98 Å². The SMILES string of the molecule is c1ccc2c(c1)ccn2-c1ncnc2[nH]cnc12. The monoisotopic (exact) mass is 235 g/mol. The summed E-state index contributed by atoms with van der Waals surface area (Å²) < 4.78 is 2.03. The van der Waals surface area contributed by atoms with Gasteiger partial charge in [0.15, 0.2) is 17.0 Å². The van der Waals surface area contributed by atoms with Crippen LogP contribution in [0, 0.1) is 0 Å². The molecule has 0 fully saturated rings. The smallest absolute Gasteiger partial charge is 0.168 e. The molecule has 0 aliphatic heterocycles. The molecular weight excluding hydrogens is 226 g/mol. The number of fused-ring (bicyclic) bond motifs is 2. The Hall–Kier alpha value is -2.69. The Morgan fingerprint density at radius 3 is 2.94 bits per heavy atom. The number of rotatable bonds is 1. The van der Waals surface area contributed by atoms with Crippen molar-refractivity contribution < 1.29 is 0 Å². The molecule has 0 saturated carbocycles. The zero-order valence-corrected chi connectivity index (χ0v) is 9.41. The van der Waals surface area contributed by atoms with Crippen molar-refractivity contribution in [2.45, 2.75) is 0 Å². The number of benzene rings is 1. The van der Waals surface area contributed by atoms with E-state index in [0.717, 1.165) is 22.5 Å². The largest absolute Gasteiger partial charge is 0.329 e. The first-order valence-corrected chi connectivity index (χ1v) is 5.64. The third kappa shape index (κ3) is 1.18. The molecular formula is C13H9N5. The molecule has 4 rings (SSSR count). The van der Waals surface area contributed by atoms with E-state index in [1.807, 2.05) is 22.9 Å². The molecule has 18 heavy (non-hydrogen) atoms. The van der Waals surface area contributed by atoms with E-state index < -0.39 is 0 Å². The van der Waals surface area contributed by atoms with Gasteiger partial charge in [-0.05, 0) is 17.5 Å². The van der Waals surface area contributed by atoms with Crippen molar-refractivity contribution in [1.29, 1.82) is 0 Å². The van der Waals surface area contributed by atoms with Gasteiger partial charge in [-0.15, -0.1) is 0 Å². The van der Waals surface area contributed by atoms with Crippen LogP contribution in [0.15, 0.2) is 49.2 Å². The van der Waals surface area contributed by atoms with Crippen molar-refractivity contribution in [2.24, 2.45) is 0 Å². The normalized spacial score (nSPS) is 11.3. The standard InChI is InChI=1S/C13H9N5/c1-2-4-10-9(3-1)5-6-18(10)13-11-12(15-7-14-11)16-8-17-13/h1-8H,(H,14,15,16,17). The zero-order chi connectivity index (χ0) is 11.9. The van der Waals surface area contributed by atoms with Crippen LogP contribution < -0.4 is 0 Å². The van der Waals surface area contributed by atoms with Gasteiger partial charge in [-0.3, -0.25) is 4.57 Å². The van der Waals surface area contributed by atoms with E-state index in [0.29, 0.717) is 0 Å². The summed E-state index contributed by atoms with van der Waals surface area (Å²) in [6.45, 7) is 0. The molecule has 0 spiro atoms. The molecule has 0 radical (unpaired) electrons. The van der Waals surface area contributed by atoms with Crippen molar-refractivity contribution in [3.8, 4) is 5.82 Å². The Labute approximate surface area is 102 Å². The van der Waals surface area contributed by atoms with Crippen LogP contribution in [0.2, 0.25) is 0 Å². The maximum Gasteiger partial charge on any atom is 0.168 e. The molecule has 0 saturated heterocycles. The number of nitrogens with zero attached hydrogens (tertiary/aromatic N) is 4. The minimum Gasteiger partial charge on any atom is -0.329 e. The van der Waals surface area contributed by atoms with Crippen molar-refractivity contribution in [3.05, 3.63) is 49.2 Å². The molecule has 86 valence electrons. The van der Waals surface area contributed by atoms with Crippen molar-refractivity contribution in [2.75, 3.05) is 0 Å². The van der Waals surface area contributed by atoms with Crippen LogP contribution in [0.25, 0.3) is 27.9 Å². The van der Waals surface area contributed by atoms with Crippen LogP contribution in [-0.2, 0) is 0 Å². The van der Waals surface area contributed by atoms with E-state index in [-0.39, 0.29) is 0 Å². The number of nitrogens with one attached hydrogen (secondary N) is 1. The van der Waals surface area contributed by atoms with Crippen LogP contribution in [0.5, 0.6) is 0 Å². The highest BCUT2D eigenvalue weighted by Gasteiger charge is 2.09. The molecule has 3 heterocycles. The van der Waals surface area contributed by atoms with Gasteiger partial charge in [-0.1, -0.05) is 18.2 Å². The lowest BCUT2D eigenvalue weighted by atomic mass is 10.2. The Morgan fingerprint density at radius 2 is 1.94 bits per heavy atom. The summed E-state index contributed by atoms with van der Waals surface area (Å²) >= 11 is 0. The number of hydrogen-bond donors (Lipinski definition) is 1. The summed E-state index contributed by atoms with van der Waals surface area (Å²) in [4.78, 5) is 15.8. The molecule has 4 aromatic rings. The fraction of sp³-hybridized carbons (Fsp3) is 0. The molecule has 1 aromatic carbocycles. The molecule has 0 atom stereocenters. The van der Waals surface area contributed by atoms with Gasteiger partial charge in [0.25, 0.3) is 0 Å².